The predicted octanol–water partition coefficient (Wildman–Crippen LogP) is 1.05. The van der Waals surface area contributed by atoms with Crippen LogP contribution in [0.1, 0.15) is 84.6 Å². The fourth-order valence-electron chi connectivity index (χ4n) is 5.99. The minimum absolute atomic E-state index is 0.0720. The molecule has 58 heavy (non-hydrogen) atoms. The third kappa shape index (κ3) is 19.6. The average Bonchev–Trinajstić information content (AvgIpc) is 3.16. The van der Waals surface area contributed by atoms with E-state index in [2.05, 4.69) is 31.1 Å². The summed E-state index contributed by atoms with van der Waals surface area (Å²) >= 11 is 0. The summed E-state index contributed by atoms with van der Waals surface area (Å²) in [7, 11) is 4.49. The summed E-state index contributed by atoms with van der Waals surface area (Å²) in [6, 6.07) is 2.92. The molecule has 20 heteroatoms. The van der Waals surface area contributed by atoms with Gasteiger partial charge in [0.25, 0.3) is 5.09 Å². The number of ether oxygens (including phenoxy) is 3. The van der Waals surface area contributed by atoms with Gasteiger partial charge >= 0.3 is 11.9 Å². The molecule has 0 saturated carbocycles. The lowest BCUT2D eigenvalue weighted by Gasteiger charge is -2.28. The molecule has 6 atom stereocenters. The van der Waals surface area contributed by atoms with Gasteiger partial charge in [-0.15, -0.1) is 10.1 Å². The van der Waals surface area contributed by atoms with E-state index in [0.717, 1.165) is 12.5 Å². The van der Waals surface area contributed by atoms with Crippen LogP contribution in [-0.4, -0.2) is 105 Å². The molecule has 326 valence electrons. The van der Waals surface area contributed by atoms with Crippen molar-refractivity contribution in [3.8, 4) is 5.75 Å². The molecule has 8 N–H and O–H groups in total. The Labute approximate surface area is 339 Å². The van der Waals surface area contributed by atoms with Crippen LogP contribution in [0.15, 0.2) is 29.3 Å². The van der Waals surface area contributed by atoms with Crippen LogP contribution in [0.25, 0.3) is 0 Å². The van der Waals surface area contributed by atoms with Crippen LogP contribution in [0.5, 0.6) is 5.75 Å². The molecule has 0 aliphatic rings. The maximum Gasteiger partial charge on any atom is 0.310 e. The van der Waals surface area contributed by atoms with E-state index in [9.17, 15) is 38.9 Å². The first-order chi connectivity index (χ1) is 27.4. The molecule has 0 saturated heterocycles. The molecule has 1 rings (SSSR count). The zero-order chi connectivity index (χ0) is 43.8. The van der Waals surface area contributed by atoms with Crippen LogP contribution >= 0.6 is 0 Å². The SMILES string of the molecule is CC[C@@H](CCCN=C(N)N)C(=O)N[C@@H](CCCCNC)C(=O)N[C@@H](CC(=O)OC(C)O[N+](=O)[O-])C(=O)N[C@H](C(=O)C[C@@H](Cc1ccc(OC)cc1)C(=O)OC)C(C)C. The Hall–Kier alpha value is -5.53. The van der Waals surface area contributed by atoms with Crippen LogP contribution < -0.4 is 37.5 Å². The first kappa shape index (κ1) is 50.5. The van der Waals surface area contributed by atoms with Crippen LogP contribution in [-0.2, 0) is 49.5 Å². The zero-order valence-corrected chi connectivity index (χ0v) is 34.6. The lowest BCUT2D eigenvalue weighted by atomic mass is 9.88. The largest absolute Gasteiger partial charge is 0.497 e. The average molecular weight is 823 g/mol. The minimum Gasteiger partial charge on any atom is -0.497 e. The third-order valence-electron chi connectivity index (χ3n) is 9.14. The molecule has 20 nitrogen and oxygen atoms in total. The van der Waals surface area contributed by atoms with E-state index in [1.54, 1.807) is 45.2 Å². The summed E-state index contributed by atoms with van der Waals surface area (Å²) in [5.41, 5.74) is 11.5. The maximum absolute atomic E-state index is 14.0. The van der Waals surface area contributed by atoms with Crippen molar-refractivity contribution in [3.63, 3.8) is 0 Å². The van der Waals surface area contributed by atoms with Gasteiger partial charge in [-0.3, -0.25) is 38.6 Å². The molecule has 0 bridgehead atoms. The van der Waals surface area contributed by atoms with E-state index in [0.29, 0.717) is 50.9 Å². The van der Waals surface area contributed by atoms with E-state index in [1.807, 2.05) is 6.92 Å². The molecule has 1 aromatic rings. The lowest BCUT2D eigenvalue weighted by Crippen LogP contribution is -2.57. The second kappa shape index (κ2) is 27.2. The van der Waals surface area contributed by atoms with Gasteiger partial charge in [-0.2, -0.15) is 0 Å². The first-order valence-corrected chi connectivity index (χ1v) is 19.3. The molecule has 0 radical (unpaired) electrons. The molecule has 0 heterocycles. The summed E-state index contributed by atoms with van der Waals surface area (Å²) in [4.78, 5) is 99.9. The number of Topliss-reactive ketones (excluding diaryl/α,β-unsaturated/α-hetero) is 1. The highest BCUT2D eigenvalue weighted by Gasteiger charge is 2.35. The number of guanidine groups is 1. The number of carbonyl (C=O) groups is 6. The van der Waals surface area contributed by atoms with Gasteiger partial charge in [0.05, 0.1) is 32.6 Å². The number of nitrogens with two attached hydrogens (primary N) is 2. The molecule has 1 unspecified atom stereocenters. The van der Waals surface area contributed by atoms with E-state index in [1.165, 1.54) is 14.2 Å². The van der Waals surface area contributed by atoms with Crippen LogP contribution in [0, 0.1) is 27.9 Å². The smallest absolute Gasteiger partial charge is 0.310 e. The Morgan fingerprint density at radius 3 is 2.03 bits per heavy atom. The fourth-order valence-corrected chi connectivity index (χ4v) is 5.99. The van der Waals surface area contributed by atoms with Crippen molar-refractivity contribution in [3.05, 3.63) is 39.9 Å². The van der Waals surface area contributed by atoms with Crippen LogP contribution in [0.3, 0.4) is 0 Å². The minimum atomic E-state index is -1.68. The van der Waals surface area contributed by atoms with Gasteiger partial charge in [-0.1, -0.05) is 32.9 Å². The van der Waals surface area contributed by atoms with Gasteiger partial charge in [-0.25, -0.2) is 0 Å². The summed E-state index contributed by atoms with van der Waals surface area (Å²) in [6.45, 7) is 7.18. The highest BCUT2D eigenvalue weighted by Crippen LogP contribution is 2.20. The summed E-state index contributed by atoms with van der Waals surface area (Å²) in [5, 5.41) is 20.6. The van der Waals surface area contributed by atoms with E-state index < -0.39 is 89.1 Å². The molecule has 0 aliphatic carbocycles. The molecule has 0 spiro atoms. The number of nitrogens with one attached hydrogen (secondary N) is 4. The molecule has 0 fully saturated rings. The van der Waals surface area contributed by atoms with Crippen molar-refractivity contribution in [1.82, 2.24) is 21.3 Å². The number of hydrogen-bond acceptors (Lipinski definition) is 14. The highest BCUT2D eigenvalue weighted by molar-refractivity contribution is 5.97. The van der Waals surface area contributed by atoms with Gasteiger partial charge < -0.3 is 46.9 Å². The summed E-state index contributed by atoms with van der Waals surface area (Å²) in [5.74, 6) is -5.87. The second-order valence-corrected chi connectivity index (χ2v) is 14.0. The molecule has 0 aliphatic heterocycles. The monoisotopic (exact) mass is 822 g/mol. The van der Waals surface area contributed by atoms with E-state index in [-0.39, 0.29) is 25.2 Å². The number of carbonyl (C=O) groups excluding carboxylic acids is 6. The number of unbranched alkanes of at least 4 members (excludes halogenated alkanes) is 1. The van der Waals surface area contributed by atoms with Gasteiger partial charge in [0.15, 0.2) is 11.7 Å². The van der Waals surface area contributed by atoms with Crippen molar-refractivity contribution in [1.29, 1.82) is 0 Å². The number of nitrogens with zero attached hydrogens (tertiary/aromatic N) is 2. The number of benzene rings is 1. The number of amides is 3. The summed E-state index contributed by atoms with van der Waals surface area (Å²) in [6.07, 6.45) is 0.0549. The fraction of sp³-hybridized carbons (Fsp3) is 0.658. The number of aliphatic imine (C=N–C) groups is 1. The van der Waals surface area contributed by atoms with Crippen molar-refractivity contribution in [2.75, 3.05) is 34.4 Å². The Morgan fingerprint density at radius 1 is 0.845 bits per heavy atom. The Balaban J connectivity index is 3.39. The van der Waals surface area contributed by atoms with E-state index >= 15 is 0 Å². The van der Waals surface area contributed by atoms with Gasteiger partial charge in [0.2, 0.25) is 24.0 Å². The van der Waals surface area contributed by atoms with Gasteiger partial charge in [0.1, 0.15) is 17.8 Å². The first-order valence-electron chi connectivity index (χ1n) is 19.3. The normalized spacial score (nSPS) is 14.0. The van der Waals surface area contributed by atoms with Crippen molar-refractivity contribution < 1.29 is 52.9 Å². The predicted molar refractivity (Wildman–Crippen MR) is 212 cm³/mol. The van der Waals surface area contributed by atoms with Crippen LogP contribution in [0.4, 0.5) is 0 Å². The molecular formula is C38H62N8O12. The highest BCUT2D eigenvalue weighted by atomic mass is 17.0. The van der Waals surface area contributed by atoms with Crippen molar-refractivity contribution >= 4 is 41.4 Å². The van der Waals surface area contributed by atoms with Crippen LogP contribution in [0.2, 0.25) is 0 Å². The number of esters is 2. The van der Waals surface area contributed by atoms with Gasteiger partial charge in [0, 0.05) is 18.9 Å². The van der Waals surface area contributed by atoms with Crippen molar-refractivity contribution in [2.45, 2.75) is 110 Å². The van der Waals surface area contributed by atoms with Gasteiger partial charge in [-0.05, 0) is 89.1 Å². The molecule has 0 aromatic heterocycles. The van der Waals surface area contributed by atoms with Crippen molar-refractivity contribution in [2.24, 2.45) is 34.2 Å². The lowest BCUT2D eigenvalue weighted by molar-refractivity contribution is -0.777. The molecule has 1 aromatic carbocycles. The molecule has 3 amide bonds. The Kier molecular flexibility index (Phi) is 23.6. The second-order valence-electron chi connectivity index (χ2n) is 14.0. The number of hydrogen-bond donors (Lipinski definition) is 6. The zero-order valence-electron chi connectivity index (χ0n) is 34.6. The maximum atomic E-state index is 14.0. The molecular weight excluding hydrogens is 760 g/mol. The third-order valence-corrected chi connectivity index (χ3v) is 9.14. The number of rotatable bonds is 29. The summed E-state index contributed by atoms with van der Waals surface area (Å²) < 4.78 is 15.1. The Morgan fingerprint density at radius 2 is 1.48 bits per heavy atom. The Bertz CT molecular complexity index is 1520. The van der Waals surface area contributed by atoms with E-state index in [4.69, 9.17) is 25.7 Å². The number of methoxy groups -OCH3 is 2. The quantitative estimate of drug-likeness (QED) is 0.0125. The standard InChI is InChI=1S/C38H62N8O12/c1-8-26(12-11-19-42-38(39)40)34(49)43-29(13-9-10-18-41-5)35(50)44-30(22-32(48)57-24(4)58-46(53)54)36(51)45-33(23(2)3)31(47)21-27(37(52)56-7)20-25-14-16-28(55-6)17-15-25/h14-17,23-24,26-27,29-30,33,41H,8-13,18-22H2,1-7H3,(H,43,49)(H,44,50)(H,45,51)(H4,39,40,42)/t24?,26-,27+,29-,30-,33-/m0/s1. The number of ketones is 1. The topological polar surface area (TPSA) is 295 Å².